The van der Waals surface area contributed by atoms with Crippen LogP contribution in [0.5, 0.6) is 5.75 Å². The van der Waals surface area contributed by atoms with Crippen molar-refractivity contribution in [2.75, 3.05) is 7.11 Å². The number of carbonyl (C=O) groups is 1. The average molecular weight is 327 g/mol. The lowest BCUT2D eigenvalue weighted by atomic mass is 9.88. The van der Waals surface area contributed by atoms with E-state index < -0.39 is 0 Å². The van der Waals surface area contributed by atoms with Gasteiger partial charge in [-0.05, 0) is 50.5 Å². The van der Waals surface area contributed by atoms with E-state index >= 15 is 0 Å². The van der Waals surface area contributed by atoms with Crippen LogP contribution in [-0.2, 0) is 16.9 Å². The van der Waals surface area contributed by atoms with Crippen LogP contribution in [0.3, 0.4) is 0 Å². The van der Waals surface area contributed by atoms with Crippen LogP contribution in [0.25, 0.3) is 0 Å². The summed E-state index contributed by atoms with van der Waals surface area (Å²) >= 11 is 0. The molecule has 1 aliphatic rings. The molecule has 0 saturated heterocycles. The molecule has 0 unspecified atom stereocenters. The molecule has 1 heterocycles. The Bertz CT molecular complexity index is 730. The number of hydrogen-bond acceptors (Lipinski definition) is 3. The predicted octanol–water partition coefficient (Wildman–Crippen LogP) is 3.09. The maximum Gasteiger partial charge on any atom is 0.242 e. The third-order valence-electron chi connectivity index (χ3n) is 4.85. The van der Waals surface area contributed by atoms with E-state index in [4.69, 9.17) is 4.74 Å². The predicted molar refractivity (Wildman–Crippen MR) is 93.0 cm³/mol. The van der Waals surface area contributed by atoms with Gasteiger partial charge in [0.1, 0.15) is 12.3 Å². The van der Waals surface area contributed by atoms with Gasteiger partial charge in [-0.2, -0.15) is 5.10 Å². The Morgan fingerprint density at radius 2 is 2.04 bits per heavy atom. The van der Waals surface area contributed by atoms with Crippen LogP contribution < -0.4 is 10.1 Å². The quantitative estimate of drug-likeness (QED) is 0.918. The van der Waals surface area contributed by atoms with E-state index in [-0.39, 0.29) is 18.0 Å². The van der Waals surface area contributed by atoms with Crippen molar-refractivity contribution in [2.45, 2.75) is 51.6 Å². The van der Waals surface area contributed by atoms with E-state index in [1.807, 2.05) is 38.1 Å². The molecule has 1 amide bonds. The SMILES string of the molecule is COc1cccc(C2(NC(=O)Cn3nc(C)cc3C)CCCC2)c1. The van der Waals surface area contributed by atoms with Crippen LogP contribution in [-0.4, -0.2) is 22.8 Å². The molecule has 0 aliphatic heterocycles. The highest BCUT2D eigenvalue weighted by atomic mass is 16.5. The highest BCUT2D eigenvalue weighted by molar-refractivity contribution is 5.77. The molecule has 3 rings (SSSR count). The van der Waals surface area contributed by atoms with Crippen molar-refractivity contribution in [3.8, 4) is 5.75 Å². The molecule has 5 nitrogen and oxygen atoms in total. The van der Waals surface area contributed by atoms with Crippen molar-refractivity contribution in [3.63, 3.8) is 0 Å². The van der Waals surface area contributed by atoms with Gasteiger partial charge in [0.05, 0.1) is 18.3 Å². The van der Waals surface area contributed by atoms with E-state index in [0.717, 1.165) is 48.4 Å². The number of methoxy groups -OCH3 is 1. The first kappa shape index (κ1) is 16.6. The van der Waals surface area contributed by atoms with E-state index in [1.54, 1.807) is 11.8 Å². The number of nitrogens with one attached hydrogen (secondary N) is 1. The number of aryl methyl sites for hydroxylation is 2. The fraction of sp³-hybridized carbons (Fsp3) is 0.474. The molecular formula is C19H25N3O2. The summed E-state index contributed by atoms with van der Waals surface area (Å²) in [5.74, 6) is 0.831. The van der Waals surface area contributed by atoms with Gasteiger partial charge in [0.25, 0.3) is 0 Å². The number of ether oxygens (including phenoxy) is 1. The minimum Gasteiger partial charge on any atom is -0.497 e. The summed E-state index contributed by atoms with van der Waals surface area (Å²) in [5.41, 5.74) is 2.77. The molecule has 0 bridgehead atoms. The molecule has 5 heteroatoms. The molecule has 1 saturated carbocycles. The Hall–Kier alpha value is -2.30. The molecule has 0 radical (unpaired) electrons. The van der Waals surface area contributed by atoms with Gasteiger partial charge in [-0.15, -0.1) is 0 Å². The number of carbonyl (C=O) groups excluding carboxylic acids is 1. The lowest BCUT2D eigenvalue weighted by Gasteiger charge is -2.31. The summed E-state index contributed by atoms with van der Waals surface area (Å²) in [6.07, 6.45) is 4.17. The van der Waals surface area contributed by atoms with Gasteiger partial charge >= 0.3 is 0 Å². The van der Waals surface area contributed by atoms with Gasteiger partial charge in [-0.1, -0.05) is 25.0 Å². The first-order valence-electron chi connectivity index (χ1n) is 8.49. The van der Waals surface area contributed by atoms with Gasteiger partial charge in [-0.3, -0.25) is 9.48 Å². The van der Waals surface area contributed by atoms with Crippen LogP contribution in [0, 0.1) is 13.8 Å². The summed E-state index contributed by atoms with van der Waals surface area (Å²) in [6.45, 7) is 4.17. The number of hydrogen-bond donors (Lipinski definition) is 1. The normalized spacial score (nSPS) is 16.1. The van der Waals surface area contributed by atoms with Gasteiger partial charge < -0.3 is 10.1 Å². The molecule has 128 valence electrons. The number of benzene rings is 1. The highest BCUT2D eigenvalue weighted by Gasteiger charge is 2.37. The molecule has 1 fully saturated rings. The largest absolute Gasteiger partial charge is 0.497 e. The molecule has 1 aromatic carbocycles. The van der Waals surface area contributed by atoms with Crippen molar-refractivity contribution >= 4 is 5.91 Å². The maximum absolute atomic E-state index is 12.7. The molecule has 0 atom stereocenters. The Morgan fingerprint density at radius 3 is 2.67 bits per heavy atom. The minimum atomic E-state index is -0.290. The second kappa shape index (κ2) is 6.67. The number of aromatic nitrogens is 2. The lowest BCUT2D eigenvalue weighted by molar-refractivity contribution is -0.124. The summed E-state index contributed by atoms with van der Waals surface area (Å²) < 4.78 is 7.11. The van der Waals surface area contributed by atoms with Crippen molar-refractivity contribution in [2.24, 2.45) is 0 Å². The second-order valence-electron chi connectivity index (χ2n) is 6.65. The first-order chi connectivity index (χ1) is 11.5. The lowest BCUT2D eigenvalue weighted by Crippen LogP contribution is -2.45. The van der Waals surface area contributed by atoms with Crippen LogP contribution >= 0.6 is 0 Å². The zero-order valence-corrected chi connectivity index (χ0v) is 14.6. The Labute approximate surface area is 143 Å². The fourth-order valence-corrected chi connectivity index (χ4v) is 3.66. The van der Waals surface area contributed by atoms with Gasteiger partial charge in [-0.25, -0.2) is 0 Å². The van der Waals surface area contributed by atoms with E-state index in [9.17, 15) is 4.79 Å². The number of nitrogens with zero attached hydrogens (tertiary/aromatic N) is 2. The summed E-state index contributed by atoms with van der Waals surface area (Å²) in [6, 6.07) is 10.0. The summed E-state index contributed by atoms with van der Waals surface area (Å²) in [5, 5.41) is 7.67. The maximum atomic E-state index is 12.7. The van der Waals surface area contributed by atoms with Gasteiger partial charge in [0, 0.05) is 5.69 Å². The highest BCUT2D eigenvalue weighted by Crippen LogP contribution is 2.39. The third kappa shape index (κ3) is 3.30. The molecule has 24 heavy (non-hydrogen) atoms. The van der Waals surface area contributed by atoms with E-state index in [2.05, 4.69) is 16.5 Å². The van der Waals surface area contributed by atoms with Gasteiger partial charge in [0.2, 0.25) is 5.91 Å². The molecule has 2 aromatic rings. The minimum absolute atomic E-state index is 0.00548. The molecule has 1 aliphatic carbocycles. The molecule has 1 N–H and O–H groups in total. The van der Waals surface area contributed by atoms with Crippen LogP contribution in [0.15, 0.2) is 30.3 Å². The Kier molecular flexibility index (Phi) is 4.60. The topological polar surface area (TPSA) is 56.1 Å². The monoisotopic (exact) mass is 327 g/mol. The van der Waals surface area contributed by atoms with Crippen LogP contribution in [0.2, 0.25) is 0 Å². The second-order valence-corrected chi connectivity index (χ2v) is 6.65. The third-order valence-corrected chi connectivity index (χ3v) is 4.85. The first-order valence-corrected chi connectivity index (χ1v) is 8.49. The zero-order valence-electron chi connectivity index (χ0n) is 14.6. The van der Waals surface area contributed by atoms with Crippen molar-refractivity contribution in [1.82, 2.24) is 15.1 Å². The van der Waals surface area contributed by atoms with Crippen LogP contribution in [0.4, 0.5) is 0 Å². The smallest absolute Gasteiger partial charge is 0.242 e. The number of amides is 1. The van der Waals surface area contributed by atoms with E-state index in [1.165, 1.54) is 0 Å². The Morgan fingerprint density at radius 1 is 1.29 bits per heavy atom. The van der Waals surface area contributed by atoms with Crippen molar-refractivity contribution in [3.05, 3.63) is 47.3 Å². The van der Waals surface area contributed by atoms with Crippen LogP contribution in [0.1, 0.15) is 42.6 Å². The standard InChI is InChI=1S/C19H25N3O2/c1-14-11-15(2)22(21-14)13-18(23)20-19(9-4-5-10-19)16-7-6-8-17(12-16)24-3/h6-8,11-12H,4-5,9-10,13H2,1-3H3,(H,20,23). The van der Waals surface area contributed by atoms with Crippen molar-refractivity contribution in [1.29, 1.82) is 0 Å². The zero-order chi connectivity index (χ0) is 17.2. The molecule has 0 spiro atoms. The summed E-state index contributed by atoms with van der Waals surface area (Å²) in [4.78, 5) is 12.7. The molecule has 1 aromatic heterocycles. The van der Waals surface area contributed by atoms with E-state index in [0.29, 0.717) is 0 Å². The molecular weight excluding hydrogens is 302 g/mol. The van der Waals surface area contributed by atoms with Gasteiger partial charge in [0.15, 0.2) is 0 Å². The Balaban J connectivity index is 1.80. The summed E-state index contributed by atoms with van der Waals surface area (Å²) in [7, 11) is 1.67. The fourth-order valence-electron chi connectivity index (χ4n) is 3.66. The average Bonchev–Trinajstić information content (AvgIpc) is 3.15. The van der Waals surface area contributed by atoms with Crippen molar-refractivity contribution < 1.29 is 9.53 Å². The number of rotatable bonds is 5.